The number of nitrogen functional groups attached to an aromatic ring is 1. The largest absolute Gasteiger partial charge is 0.289 e. The van der Waals surface area contributed by atoms with E-state index in [0.717, 1.165) is 16.6 Å². The molecule has 0 aliphatic heterocycles. The highest BCUT2D eigenvalue weighted by Gasteiger charge is 2.16. The number of carbonyl (C=O) groups excluding carboxylic acids is 1. The first-order valence-corrected chi connectivity index (χ1v) is 5.85. The zero-order valence-corrected chi connectivity index (χ0v) is 10.1. The molecule has 5 nitrogen and oxygen atoms in total. The lowest BCUT2D eigenvalue weighted by molar-refractivity contribution is 0.0950. The van der Waals surface area contributed by atoms with E-state index in [1.165, 1.54) is 0 Å². The molecule has 0 saturated heterocycles. The van der Waals surface area contributed by atoms with E-state index in [0.29, 0.717) is 5.69 Å². The number of para-hydroxylation sites is 2. The summed E-state index contributed by atoms with van der Waals surface area (Å²) in [7, 11) is 0. The quantitative estimate of drug-likeness (QED) is 0.413. The summed E-state index contributed by atoms with van der Waals surface area (Å²) in [5.41, 5.74) is 4.21. The Morgan fingerprint density at radius 2 is 1.74 bits per heavy atom. The number of amides is 1. The van der Waals surface area contributed by atoms with Crippen LogP contribution in [-0.4, -0.2) is 15.7 Å². The number of nitrogens with zero attached hydrogens (tertiary/aromatic N) is 2. The van der Waals surface area contributed by atoms with Crippen molar-refractivity contribution in [1.82, 2.24) is 15.2 Å². The van der Waals surface area contributed by atoms with Crippen LogP contribution in [0.5, 0.6) is 0 Å². The van der Waals surface area contributed by atoms with Gasteiger partial charge in [-0.2, -0.15) is 5.10 Å². The molecule has 0 atom stereocenters. The number of fused-ring (bicyclic) bond motifs is 1. The second-order valence-electron chi connectivity index (χ2n) is 4.09. The Labute approximate surface area is 109 Å². The highest BCUT2D eigenvalue weighted by molar-refractivity contribution is 6.04. The normalized spacial score (nSPS) is 10.6. The molecule has 3 rings (SSSR count). The number of hydrogen-bond donors (Lipinski definition) is 2. The average Bonchev–Trinajstić information content (AvgIpc) is 2.87. The van der Waals surface area contributed by atoms with E-state index in [2.05, 4.69) is 10.5 Å². The van der Waals surface area contributed by atoms with E-state index in [4.69, 9.17) is 5.84 Å². The van der Waals surface area contributed by atoms with Crippen molar-refractivity contribution in [1.29, 1.82) is 0 Å². The molecule has 0 radical (unpaired) electrons. The SMILES string of the molecule is NNC(=O)c1nn(-c2ccccc2)c2ccccc12. The Morgan fingerprint density at radius 3 is 2.47 bits per heavy atom. The zero-order valence-electron chi connectivity index (χ0n) is 10.1. The van der Waals surface area contributed by atoms with Crippen molar-refractivity contribution in [2.24, 2.45) is 5.84 Å². The molecule has 3 aromatic rings. The molecule has 94 valence electrons. The highest BCUT2D eigenvalue weighted by Crippen LogP contribution is 2.21. The summed E-state index contributed by atoms with van der Waals surface area (Å²) in [6.45, 7) is 0. The van der Waals surface area contributed by atoms with Crippen LogP contribution in [0.15, 0.2) is 54.6 Å². The van der Waals surface area contributed by atoms with Gasteiger partial charge < -0.3 is 0 Å². The average molecular weight is 252 g/mol. The fourth-order valence-electron chi connectivity index (χ4n) is 2.07. The van der Waals surface area contributed by atoms with Crippen molar-refractivity contribution in [2.45, 2.75) is 0 Å². The molecule has 0 saturated carbocycles. The van der Waals surface area contributed by atoms with Crippen LogP contribution >= 0.6 is 0 Å². The Morgan fingerprint density at radius 1 is 1.05 bits per heavy atom. The number of rotatable bonds is 2. The van der Waals surface area contributed by atoms with E-state index in [1.54, 1.807) is 4.68 Å². The maximum absolute atomic E-state index is 11.8. The molecule has 0 spiro atoms. The van der Waals surface area contributed by atoms with Gasteiger partial charge in [0.2, 0.25) is 0 Å². The van der Waals surface area contributed by atoms with Gasteiger partial charge in [0.15, 0.2) is 5.69 Å². The van der Waals surface area contributed by atoms with E-state index in [1.807, 2.05) is 54.6 Å². The molecule has 19 heavy (non-hydrogen) atoms. The number of nitrogens with two attached hydrogens (primary N) is 1. The van der Waals surface area contributed by atoms with E-state index < -0.39 is 5.91 Å². The van der Waals surface area contributed by atoms with Gasteiger partial charge in [0.05, 0.1) is 11.2 Å². The van der Waals surface area contributed by atoms with Gasteiger partial charge in [-0.25, -0.2) is 10.5 Å². The molecule has 0 aliphatic carbocycles. The third-order valence-corrected chi connectivity index (χ3v) is 2.93. The first kappa shape index (κ1) is 11.4. The van der Waals surface area contributed by atoms with Crippen LogP contribution in [0.2, 0.25) is 0 Å². The predicted molar refractivity (Wildman–Crippen MR) is 72.7 cm³/mol. The predicted octanol–water partition coefficient (Wildman–Crippen LogP) is 1.63. The summed E-state index contributed by atoms with van der Waals surface area (Å²) in [6.07, 6.45) is 0. The lowest BCUT2D eigenvalue weighted by atomic mass is 10.2. The standard InChI is InChI=1S/C14H12N4O/c15-16-14(19)13-11-8-4-5-9-12(11)18(17-13)10-6-2-1-3-7-10/h1-9H,15H2,(H,16,19). The Balaban J connectivity index is 2.29. The molecule has 5 heteroatoms. The number of hydrazine groups is 1. The minimum atomic E-state index is -0.397. The maximum atomic E-state index is 11.8. The van der Waals surface area contributed by atoms with Gasteiger partial charge in [0.1, 0.15) is 0 Å². The summed E-state index contributed by atoms with van der Waals surface area (Å²) < 4.78 is 1.74. The molecule has 0 bridgehead atoms. The van der Waals surface area contributed by atoms with Gasteiger partial charge >= 0.3 is 0 Å². The van der Waals surface area contributed by atoms with E-state index in [-0.39, 0.29) is 0 Å². The Bertz CT molecular complexity index is 734. The summed E-state index contributed by atoms with van der Waals surface area (Å²) in [4.78, 5) is 11.8. The zero-order chi connectivity index (χ0) is 13.2. The second kappa shape index (κ2) is 4.55. The Hall–Kier alpha value is -2.66. The van der Waals surface area contributed by atoms with Gasteiger partial charge in [-0.1, -0.05) is 36.4 Å². The van der Waals surface area contributed by atoms with Crippen LogP contribution in [0, 0.1) is 0 Å². The number of benzene rings is 2. The van der Waals surface area contributed by atoms with E-state index in [9.17, 15) is 4.79 Å². The molecule has 0 aliphatic rings. The fraction of sp³-hybridized carbons (Fsp3) is 0. The lowest BCUT2D eigenvalue weighted by Crippen LogP contribution is -2.30. The van der Waals surface area contributed by atoms with Crippen molar-refractivity contribution < 1.29 is 4.79 Å². The van der Waals surface area contributed by atoms with Gasteiger partial charge in [0.25, 0.3) is 5.91 Å². The summed E-state index contributed by atoms with van der Waals surface area (Å²) in [5, 5.41) is 5.13. The summed E-state index contributed by atoms with van der Waals surface area (Å²) in [6, 6.07) is 17.2. The first-order valence-electron chi connectivity index (χ1n) is 5.85. The third kappa shape index (κ3) is 1.86. The number of aromatic nitrogens is 2. The van der Waals surface area contributed by atoms with Crippen LogP contribution in [-0.2, 0) is 0 Å². The fourth-order valence-corrected chi connectivity index (χ4v) is 2.07. The van der Waals surface area contributed by atoms with Crippen LogP contribution in [0.25, 0.3) is 16.6 Å². The van der Waals surface area contributed by atoms with Crippen molar-refractivity contribution in [3.8, 4) is 5.69 Å². The number of nitrogens with one attached hydrogen (secondary N) is 1. The number of carbonyl (C=O) groups is 1. The first-order chi connectivity index (χ1) is 9.31. The Kier molecular flexibility index (Phi) is 2.74. The molecule has 0 fully saturated rings. The minimum absolute atomic E-state index is 0.321. The lowest BCUT2D eigenvalue weighted by Gasteiger charge is -2.01. The van der Waals surface area contributed by atoms with Crippen LogP contribution in [0.1, 0.15) is 10.5 Å². The van der Waals surface area contributed by atoms with Gasteiger partial charge in [0, 0.05) is 5.39 Å². The van der Waals surface area contributed by atoms with E-state index >= 15 is 0 Å². The van der Waals surface area contributed by atoms with Crippen LogP contribution < -0.4 is 11.3 Å². The smallest absolute Gasteiger partial charge is 0.286 e. The molecule has 1 heterocycles. The van der Waals surface area contributed by atoms with Gasteiger partial charge in [-0.05, 0) is 18.2 Å². The van der Waals surface area contributed by atoms with Crippen LogP contribution in [0.4, 0.5) is 0 Å². The topological polar surface area (TPSA) is 72.9 Å². The molecule has 2 aromatic carbocycles. The van der Waals surface area contributed by atoms with Crippen molar-refractivity contribution >= 4 is 16.8 Å². The molecule has 1 aromatic heterocycles. The molecule has 0 unspecified atom stereocenters. The number of hydrogen-bond acceptors (Lipinski definition) is 3. The third-order valence-electron chi connectivity index (χ3n) is 2.93. The van der Waals surface area contributed by atoms with Gasteiger partial charge in [-0.15, -0.1) is 0 Å². The van der Waals surface area contributed by atoms with Crippen LogP contribution in [0.3, 0.4) is 0 Å². The molecular weight excluding hydrogens is 240 g/mol. The summed E-state index contributed by atoms with van der Waals surface area (Å²) >= 11 is 0. The highest BCUT2D eigenvalue weighted by atomic mass is 16.2. The minimum Gasteiger partial charge on any atom is -0.289 e. The second-order valence-corrected chi connectivity index (χ2v) is 4.09. The molecular formula is C14H12N4O. The monoisotopic (exact) mass is 252 g/mol. The van der Waals surface area contributed by atoms with Gasteiger partial charge in [-0.3, -0.25) is 10.2 Å². The molecule has 1 amide bonds. The summed E-state index contributed by atoms with van der Waals surface area (Å²) in [5.74, 6) is 4.80. The van der Waals surface area contributed by atoms with Crippen molar-refractivity contribution in [3.63, 3.8) is 0 Å². The molecule has 3 N–H and O–H groups in total. The maximum Gasteiger partial charge on any atom is 0.286 e. The van der Waals surface area contributed by atoms with Crippen molar-refractivity contribution in [3.05, 3.63) is 60.3 Å². The van der Waals surface area contributed by atoms with Crippen molar-refractivity contribution in [2.75, 3.05) is 0 Å².